The summed E-state index contributed by atoms with van der Waals surface area (Å²) in [5.74, 6) is 0.102. The van der Waals surface area contributed by atoms with Crippen LogP contribution in [0.2, 0.25) is 0 Å². The number of benzene rings is 8. The zero-order valence-electron chi connectivity index (χ0n) is 28.4. The highest BCUT2D eigenvalue weighted by atomic mass is 32.1. The molecule has 1 unspecified atom stereocenters. The SMILES string of the molecule is c1ccc(-c2nc3sc4ccccc4c3nc2-c2ccc(C3c4ccccc4-c4c3c3sc5ccc6ccccc6c5c3c3ccccc43)cc2)cc1. The van der Waals surface area contributed by atoms with Gasteiger partial charge in [-0.25, -0.2) is 9.97 Å². The van der Waals surface area contributed by atoms with E-state index in [-0.39, 0.29) is 5.92 Å². The van der Waals surface area contributed by atoms with Gasteiger partial charge in [-0.1, -0.05) is 152 Å². The maximum atomic E-state index is 5.38. The highest BCUT2D eigenvalue weighted by Crippen LogP contribution is 2.57. The van der Waals surface area contributed by atoms with Crippen LogP contribution < -0.4 is 0 Å². The third kappa shape index (κ3) is 4.19. The van der Waals surface area contributed by atoms with E-state index in [1.165, 1.54) is 74.2 Å². The third-order valence-corrected chi connectivity index (χ3v) is 13.4. The minimum atomic E-state index is 0.102. The lowest BCUT2D eigenvalue weighted by molar-refractivity contribution is 1.03. The van der Waals surface area contributed by atoms with Crippen molar-refractivity contribution >= 4 is 84.8 Å². The maximum Gasteiger partial charge on any atom is 0.143 e. The van der Waals surface area contributed by atoms with E-state index in [9.17, 15) is 0 Å². The Morgan fingerprint density at radius 3 is 2.00 bits per heavy atom. The lowest BCUT2D eigenvalue weighted by atomic mass is 9.86. The van der Waals surface area contributed by atoms with Crippen molar-refractivity contribution in [3.63, 3.8) is 0 Å². The van der Waals surface area contributed by atoms with Crippen LogP contribution in [0.3, 0.4) is 0 Å². The van der Waals surface area contributed by atoms with Gasteiger partial charge in [0.2, 0.25) is 0 Å². The van der Waals surface area contributed by atoms with E-state index in [0.717, 1.165) is 38.2 Å². The molecule has 0 aliphatic heterocycles. The molecule has 246 valence electrons. The first-order valence-corrected chi connectivity index (χ1v) is 19.7. The normalized spacial score (nSPS) is 13.8. The van der Waals surface area contributed by atoms with Crippen molar-refractivity contribution in [3.05, 3.63) is 180 Å². The monoisotopic (exact) mass is 708 g/mol. The number of rotatable bonds is 3. The van der Waals surface area contributed by atoms with Gasteiger partial charge in [0.05, 0.1) is 11.4 Å². The van der Waals surface area contributed by atoms with Gasteiger partial charge in [-0.3, -0.25) is 0 Å². The summed E-state index contributed by atoms with van der Waals surface area (Å²) in [6.07, 6.45) is 0. The lowest BCUT2D eigenvalue weighted by Crippen LogP contribution is -2.00. The van der Waals surface area contributed by atoms with E-state index in [2.05, 4.69) is 164 Å². The first-order valence-electron chi connectivity index (χ1n) is 18.0. The predicted molar refractivity (Wildman–Crippen MR) is 227 cm³/mol. The van der Waals surface area contributed by atoms with Gasteiger partial charge in [0, 0.05) is 47.3 Å². The molecule has 1 aliphatic rings. The van der Waals surface area contributed by atoms with E-state index >= 15 is 0 Å². The Balaban J connectivity index is 1.10. The number of thiophene rings is 2. The summed E-state index contributed by atoms with van der Waals surface area (Å²) in [6, 6.07) is 59.8. The van der Waals surface area contributed by atoms with Gasteiger partial charge in [-0.05, 0) is 61.5 Å². The van der Waals surface area contributed by atoms with Crippen LogP contribution in [0.5, 0.6) is 0 Å². The summed E-state index contributed by atoms with van der Waals surface area (Å²) in [4.78, 5) is 11.6. The molecule has 1 aliphatic carbocycles. The minimum Gasteiger partial charge on any atom is -0.242 e. The average Bonchev–Trinajstić information content (AvgIpc) is 3.91. The van der Waals surface area contributed by atoms with E-state index in [1.54, 1.807) is 11.3 Å². The zero-order valence-corrected chi connectivity index (χ0v) is 30.0. The van der Waals surface area contributed by atoms with Crippen LogP contribution in [-0.4, -0.2) is 9.97 Å². The highest BCUT2D eigenvalue weighted by Gasteiger charge is 2.35. The number of nitrogens with zero attached hydrogens (tertiary/aromatic N) is 2. The number of hydrogen-bond acceptors (Lipinski definition) is 4. The van der Waals surface area contributed by atoms with Crippen molar-refractivity contribution in [2.75, 3.05) is 0 Å². The molecule has 4 heteroatoms. The molecule has 0 saturated heterocycles. The Labute approximate surface area is 313 Å². The Hall–Kier alpha value is -6.20. The molecule has 0 N–H and O–H groups in total. The number of fused-ring (bicyclic) bond motifs is 15. The lowest BCUT2D eigenvalue weighted by Gasteiger charge is -2.17. The smallest absolute Gasteiger partial charge is 0.143 e. The summed E-state index contributed by atoms with van der Waals surface area (Å²) in [6.45, 7) is 0. The van der Waals surface area contributed by atoms with Crippen molar-refractivity contribution in [2.24, 2.45) is 0 Å². The van der Waals surface area contributed by atoms with Gasteiger partial charge in [0.15, 0.2) is 0 Å². The molecule has 0 radical (unpaired) electrons. The molecule has 3 aromatic heterocycles. The molecule has 2 nitrogen and oxygen atoms in total. The predicted octanol–water partition coefficient (Wildman–Crippen LogP) is 14.0. The van der Waals surface area contributed by atoms with Crippen LogP contribution in [0.4, 0.5) is 0 Å². The van der Waals surface area contributed by atoms with Crippen molar-refractivity contribution in [1.82, 2.24) is 9.97 Å². The van der Waals surface area contributed by atoms with Crippen molar-refractivity contribution in [2.45, 2.75) is 5.92 Å². The number of hydrogen-bond donors (Lipinski definition) is 0. The number of aromatic nitrogens is 2. The van der Waals surface area contributed by atoms with Crippen LogP contribution in [0.15, 0.2) is 164 Å². The summed E-state index contributed by atoms with van der Waals surface area (Å²) in [7, 11) is 0. The molecule has 0 saturated carbocycles. The minimum absolute atomic E-state index is 0.102. The summed E-state index contributed by atoms with van der Waals surface area (Å²) in [5, 5.41) is 9.17. The van der Waals surface area contributed by atoms with Crippen LogP contribution in [0.25, 0.3) is 95.8 Å². The van der Waals surface area contributed by atoms with Gasteiger partial charge in [0.25, 0.3) is 0 Å². The van der Waals surface area contributed by atoms with Crippen LogP contribution >= 0.6 is 22.7 Å². The van der Waals surface area contributed by atoms with E-state index < -0.39 is 0 Å². The quantitative estimate of drug-likeness (QED) is 0.183. The second kappa shape index (κ2) is 11.1. The van der Waals surface area contributed by atoms with Gasteiger partial charge in [-0.15, -0.1) is 22.7 Å². The molecule has 11 aromatic rings. The Kier molecular flexibility index (Phi) is 6.18. The molecule has 0 fully saturated rings. The fraction of sp³-hybridized carbons (Fsp3) is 0.0204. The molecule has 0 amide bonds. The van der Waals surface area contributed by atoms with Gasteiger partial charge in [0.1, 0.15) is 10.3 Å². The summed E-state index contributed by atoms with van der Waals surface area (Å²) in [5.41, 5.74) is 11.7. The molecular formula is C49H28N2S2. The Bertz CT molecular complexity index is 3280. The Morgan fingerprint density at radius 1 is 0.453 bits per heavy atom. The largest absolute Gasteiger partial charge is 0.242 e. The van der Waals surface area contributed by atoms with E-state index in [1.807, 2.05) is 11.3 Å². The molecule has 0 spiro atoms. The molecule has 53 heavy (non-hydrogen) atoms. The van der Waals surface area contributed by atoms with Crippen molar-refractivity contribution in [3.8, 4) is 33.6 Å². The highest BCUT2D eigenvalue weighted by molar-refractivity contribution is 7.26. The second-order valence-electron chi connectivity index (χ2n) is 14.0. The van der Waals surface area contributed by atoms with Gasteiger partial charge < -0.3 is 0 Å². The third-order valence-electron chi connectivity index (χ3n) is 11.2. The fourth-order valence-corrected chi connectivity index (χ4v) is 11.2. The van der Waals surface area contributed by atoms with Gasteiger partial charge in [-0.2, -0.15) is 0 Å². The zero-order chi connectivity index (χ0) is 34.6. The van der Waals surface area contributed by atoms with Crippen molar-refractivity contribution < 1.29 is 0 Å². The fourth-order valence-electron chi connectivity index (χ4n) is 8.89. The molecule has 12 rings (SSSR count). The van der Waals surface area contributed by atoms with Crippen molar-refractivity contribution in [1.29, 1.82) is 0 Å². The van der Waals surface area contributed by atoms with Crippen LogP contribution in [0, 0.1) is 0 Å². The van der Waals surface area contributed by atoms with E-state index in [0.29, 0.717) is 0 Å². The molecule has 1 atom stereocenters. The first kappa shape index (κ1) is 29.4. The topological polar surface area (TPSA) is 25.8 Å². The molecule has 8 aromatic carbocycles. The van der Waals surface area contributed by atoms with Crippen LogP contribution in [-0.2, 0) is 0 Å². The van der Waals surface area contributed by atoms with Crippen LogP contribution in [0.1, 0.15) is 22.6 Å². The standard InChI is InChI=1S/C49H28N2S2/c1-2-13-30(14-3-1)46-45(50-47-37-20-10-11-21-38(37)53-49(47)51-46)31-24-22-29(23-25-31)40-33-16-6-7-17-34(33)41-35-18-8-9-19-36(35)43-42-32-15-5-4-12-28(32)26-27-39(42)52-48(43)44(40)41/h1-27,40H. The van der Waals surface area contributed by atoms with Gasteiger partial charge >= 0.3 is 0 Å². The molecular weight excluding hydrogens is 681 g/mol. The summed E-state index contributed by atoms with van der Waals surface area (Å²) < 4.78 is 3.94. The van der Waals surface area contributed by atoms with E-state index in [4.69, 9.17) is 9.97 Å². The first-order chi connectivity index (χ1) is 26.3. The summed E-state index contributed by atoms with van der Waals surface area (Å²) >= 11 is 3.66. The maximum absolute atomic E-state index is 5.38. The Morgan fingerprint density at radius 2 is 1.13 bits per heavy atom. The second-order valence-corrected chi connectivity index (χ2v) is 16.1. The molecule has 3 heterocycles. The average molecular weight is 709 g/mol. The molecule has 0 bridgehead atoms.